The maximum Gasteiger partial charge on any atom is 0.361 e. The SMILES string of the molecule is CCCCCCC/C=C\C/C=C\CCCCCCCCCCCCCCCCCC(=O)OC(COC(=O)CCCCCCCCCCCCCCC/C=C\C/C=C\CCCCCCC)COC(OCC[N+](C)(C)C)C(=O)O. The average molecular weight is 1090 g/mol. The number of allylic oxidation sites excluding steroid dienone is 8. The molecule has 9 heteroatoms. The van der Waals surface area contributed by atoms with E-state index < -0.39 is 24.3 Å². The van der Waals surface area contributed by atoms with Crippen LogP contribution in [-0.4, -0.2) is 87.4 Å². The number of nitrogens with zero attached hydrogens (tertiary/aromatic N) is 1. The van der Waals surface area contributed by atoms with Gasteiger partial charge in [-0.25, -0.2) is 4.79 Å². The fourth-order valence-corrected chi connectivity index (χ4v) is 9.49. The van der Waals surface area contributed by atoms with Gasteiger partial charge in [0.2, 0.25) is 0 Å². The maximum atomic E-state index is 12.9. The molecular weight excluding hydrogens is 959 g/mol. The quantitative estimate of drug-likeness (QED) is 0.0211. The Hall–Kier alpha value is -2.75. The van der Waals surface area contributed by atoms with Gasteiger partial charge in [-0.15, -0.1) is 0 Å². The lowest BCUT2D eigenvalue weighted by Crippen LogP contribution is -2.40. The number of quaternary nitrogens is 1. The first kappa shape index (κ1) is 74.2. The predicted octanol–water partition coefficient (Wildman–Crippen LogP) is 19.8. The van der Waals surface area contributed by atoms with Crippen LogP contribution in [0.2, 0.25) is 0 Å². The molecule has 1 N–H and O–H groups in total. The summed E-state index contributed by atoms with van der Waals surface area (Å²) in [6.45, 7) is 4.90. The van der Waals surface area contributed by atoms with Crippen molar-refractivity contribution < 1.29 is 42.9 Å². The second kappa shape index (κ2) is 59.4. The number of unbranched alkanes of at least 4 members (excludes halogenated alkanes) is 38. The molecule has 0 saturated carbocycles. The average Bonchev–Trinajstić information content (AvgIpc) is 3.40. The minimum absolute atomic E-state index is 0.180. The van der Waals surface area contributed by atoms with Gasteiger partial charge in [0.25, 0.3) is 6.29 Å². The number of aliphatic carboxylic acids is 1. The molecule has 9 nitrogen and oxygen atoms in total. The van der Waals surface area contributed by atoms with E-state index in [1.807, 2.05) is 21.1 Å². The first-order chi connectivity index (χ1) is 37.6. The van der Waals surface area contributed by atoms with Crippen molar-refractivity contribution in [1.29, 1.82) is 0 Å². The van der Waals surface area contributed by atoms with Crippen LogP contribution in [0.15, 0.2) is 48.6 Å². The molecule has 0 aromatic heterocycles. The maximum absolute atomic E-state index is 12.9. The highest BCUT2D eigenvalue weighted by Gasteiger charge is 2.25. The smallest absolute Gasteiger partial charge is 0.361 e. The van der Waals surface area contributed by atoms with E-state index in [0.717, 1.165) is 51.4 Å². The molecule has 0 aromatic rings. The Morgan fingerprint density at radius 2 is 0.701 bits per heavy atom. The first-order valence-electron chi connectivity index (χ1n) is 32.8. The van der Waals surface area contributed by atoms with E-state index in [0.29, 0.717) is 17.4 Å². The van der Waals surface area contributed by atoms with Gasteiger partial charge in [0.1, 0.15) is 13.2 Å². The number of carboxylic acid groups (broad SMARTS) is 1. The number of esters is 2. The molecule has 0 aliphatic rings. The Morgan fingerprint density at radius 3 is 1.03 bits per heavy atom. The van der Waals surface area contributed by atoms with E-state index in [1.165, 1.54) is 231 Å². The zero-order chi connectivity index (χ0) is 56.2. The Balaban J connectivity index is 4.14. The van der Waals surface area contributed by atoms with Crippen molar-refractivity contribution in [3.63, 3.8) is 0 Å². The van der Waals surface area contributed by atoms with Crippen molar-refractivity contribution in [2.24, 2.45) is 0 Å². The van der Waals surface area contributed by atoms with E-state index >= 15 is 0 Å². The van der Waals surface area contributed by atoms with Gasteiger partial charge in [-0.2, -0.15) is 0 Å². The van der Waals surface area contributed by atoms with Crippen LogP contribution in [0.4, 0.5) is 0 Å². The summed E-state index contributed by atoms with van der Waals surface area (Å²) < 4.78 is 23.0. The lowest BCUT2D eigenvalue weighted by Gasteiger charge is -2.25. The molecule has 0 saturated heterocycles. The molecule has 2 unspecified atom stereocenters. The number of ether oxygens (including phenoxy) is 4. The number of rotatable bonds is 61. The lowest BCUT2D eigenvalue weighted by molar-refractivity contribution is -0.870. The summed E-state index contributed by atoms with van der Waals surface area (Å²) in [6.07, 6.45) is 72.0. The van der Waals surface area contributed by atoms with E-state index in [2.05, 4.69) is 62.5 Å². The monoisotopic (exact) mass is 1080 g/mol. The van der Waals surface area contributed by atoms with Crippen molar-refractivity contribution in [2.45, 2.75) is 322 Å². The third kappa shape index (κ3) is 60.7. The Labute approximate surface area is 476 Å². The third-order valence-electron chi connectivity index (χ3n) is 14.6. The molecular formula is C68H126NO8+. The summed E-state index contributed by atoms with van der Waals surface area (Å²) in [5.74, 6) is -1.99. The molecule has 0 aliphatic heterocycles. The van der Waals surface area contributed by atoms with Crippen LogP contribution in [0.1, 0.15) is 309 Å². The molecule has 450 valence electrons. The highest BCUT2D eigenvalue weighted by atomic mass is 16.7. The standard InChI is InChI=1S/C68H125NO8/c1-6-8-10-12-14-16-18-20-22-24-26-28-30-32-33-35-37-39-41-43-45-47-49-51-53-55-57-59-66(71)77-64(63-76-68(67(72)73)74-61-60-69(3,4)5)62-75-65(70)58-56-54-52-50-48-46-44-42-40-38-36-34-31-29-27-25-23-21-19-17-15-13-11-9-7-2/h18-21,24-27,64,68H,6-17,22-23,28-63H2,1-5H3/p+1/b20-18-,21-19-,26-24-,27-25-. The van der Waals surface area contributed by atoms with Crippen molar-refractivity contribution >= 4 is 17.9 Å². The van der Waals surface area contributed by atoms with Gasteiger partial charge in [-0.05, 0) is 77.0 Å². The molecule has 0 radical (unpaired) electrons. The Kier molecular flexibility index (Phi) is 57.3. The summed E-state index contributed by atoms with van der Waals surface area (Å²) in [5, 5.41) is 9.73. The molecule has 77 heavy (non-hydrogen) atoms. The van der Waals surface area contributed by atoms with Crippen molar-refractivity contribution in [2.75, 3.05) is 47.5 Å². The van der Waals surface area contributed by atoms with Crippen LogP contribution >= 0.6 is 0 Å². The van der Waals surface area contributed by atoms with Crippen LogP contribution < -0.4 is 0 Å². The van der Waals surface area contributed by atoms with Crippen molar-refractivity contribution in [3.8, 4) is 0 Å². The normalized spacial score (nSPS) is 13.0. The summed E-state index contributed by atoms with van der Waals surface area (Å²) in [7, 11) is 5.98. The van der Waals surface area contributed by atoms with Gasteiger partial charge in [0.05, 0.1) is 34.4 Å². The summed E-state index contributed by atoms with van der Waals surface area (Å²) >= 11 is 0. The molecule has 0 fully saturated rings. The Bertz CT molecular complexity index is 1400. The zero-order valence-corrected chi connectivity index (χ0v) is 51.4. The molecule has 0 rings (SSSR count). The van der Waals surface area contributed by atoms with Gasteiger partial charge in [0.15, 0.2) is 6.10 Å². The molecule has 0 heterocycles. The van der Waals surface area contributed by atoms with Gasteiger partial charge in [-0.1, -0.05) is 268 Å². The molecule has 0 spiro atoms. The van der Waals surface area contributed by atoms with Crippen LogP contribution in [0.25, 0.3) is 0 Å². The minimum atomic E-state index is -1.51. The lowest BCUT2D eigenvalue weighted by atomic mass is 10.0. The molecule has 0 bridgehead atoms. The second-order valence-electron chi connectivity index (χ2n) is 23.4. The topological polar surface area (TPSA) is 108 Å². The molecule has 0 aromatic carbocycles. The fraction of sp³-hybridized carbons (Fsp3) is 0.838. The summed E-state index contributed by atoms with van der Waals surface area (Å²) in [6, 6.07) is 0. The van der Waals surface area contributed by atoms with Crippen LogP contribution in [0, 0.1) is 0 Å². The van der Waals surface area contributed by atoms with E-state index in [4.69, 9.17) is 18.9 Å². The fourth-order valence-electron chi connectivity index (χ4n) is 9.49. The molecule has 2 atom stereocenters. The van der Waals surface area contributed by atoms with Gasteiger partial charge in [-0.3, -0.25) is 9.59 Å². The number of carboxylic acids is 1. The van der Waals surface area contributed by atoms with Gasteiger partial charge >= 0.3 is 17.9 Å². The second-order valence-corrected chi connectivity index (χ2v) is 23.4. The number of carbonyl (C=O) groups is 3. The molecule has 0 aliphatic carbocycles. The number of hydrogen-bond donors (Lipinski definition) is 1. The van der Waals surface area contributed by atoms with E-state index in [1.54, 1.807) is 0 Å². The van der Waals surface area contributed by atoms with E-state index in [-0.39, 0.29) is 32.2 Å². The van der Waals surface area contributed by atoms with Crippen LogP contribution in [0.3, 0.4) is 0 Å². The van der Waals surface area contributed by atoms with Crippen molar-refractivity contribution in [1.82, 2.24) is 0 Å². The van der Waals surface area contributed by atoms with Crippen molar-refractivity contribution in [3.05, 3.63) is 48.6 Å². The zero-order valence-electron chi connectivity index (χ0n) is 51.4. The number of carbonyl (C=O) groups excluding carboxylic acids is 2. The largest absolute Gasteiger partial charge is 0.477 e. The summed E-state index contributed by atoms with van der Waals surface area (Å²) in [5.41, 5.74) is 0. The number of hydrogen-bond acceptors (Lipinski definition) is 7. The third-order valence-corrected chi connectivity index (χ3v) is 14.6. The van der Waals surface area contributed by atoms with Gasteiger partial charge in [0, 0.05) is 12.8 Å². The minimum Gasteiger partial charge on any atom is -0.477 e. The van der Waals surface area contributed by atoms with E-state index in [9.17, 15) is 19.5 Å². The first-order valence-corrected chi connectivity index (χ1v) is 32.8. The molecule has 0 amide bonds. The highest BCUT2D eigenvalue weighted by molar-refractivity contribution is 5.71. The highest BCUT2D eigenvalue weighted by Crippen LogP contribution is 2.17. The summed E-state index contributed by atoms with van der Waals surface area (Å²) in [4.78, 5) is 37.6. The Morgan fingerprint density at radius 1 is 0.390 bits per heavy atom. The number of likely N-dealkylation sites (N-methyl/N-ethyl adjacent to an activating group) is 1. The van der Waals surface area contributed by atoms with Crippen LogP contribution in [0.5, 0.6) is 0 Å². The van der Waals surface area contributed by atoms with Gasteiger partial charge < -0.3 is 28.5 Å². The van der Waals surface area contributed by atoms with Crippen LogP contribution in [-0.2, 0) is 33.3 Å². The predicted molar refractivity (Wildman–Crippen MR) is 327 cm³/mol.